The lowest BCUT2D eigenvalue weighted by atomic mass is 9.83. The minimum Gasteiger partial charge on any atom is -0.394 e. The van der Waals surface area contributed by atoms with Crippen molar-refractivity contribution in [3.05, 3.63) is 0 Å². The van der Waals surface area contributed by atoms with Crippen molar-refractivity contribution in [2.24, 2.45) is 11.8 Å². The van der Waals surface area contributed by atoms with Crippen LogP contribution in [0, 0.1) is 11.8 Å². The van der Waals surface area contributed by atoms with Crippen LogP contribution < -0.4 is 5.32 Å². The van der Waals surface area contributed by atoms with E-state index in [0.717, 1.165) is 32.0 Å². The molecule has 116 valence electrons. The van der Waals surface area contributed by atoms with E-state index in [2.05, 4.69) is 5.32 Å². The van der Waals surface area contributed by atoms with Crippen molar-refractivity contribution in [1.82, 2.24) is 5.32 Å². The van der Waals surface area contributed by atoms with E-state index in [4.69, 9.17) is 4.74 Å². The fourth-order valence-electron chi connectivity index (χ4n) is 4.00. The number of rotatable bonds is 9. The van der Waals surface area contributed by atoms with Crippen LogP contribution in [0.4, 0.5) is 0 Å². The highest BCUT2D eigenvalue weighted by atomic mass is 16.5. The molecule has 0 aromatic rings. The molecule has 0 amide bonds. The Morgan fingerprint density at radius 2 is 1.80 bits per heavy atom. The van der Waals surface area contributed by atoms with Gasteiger partial charge in [0.25, 0.3) is 0 Å². The smallest absolute Gasteiger partial charge is 0.0616 e. The lowest BCUT2D eigenvalue weighted by Crippen LogP contribution is -2.52. The molecule has 2 unspecified atom stereocenters. The molecule has 0 saturated heterocycles. The maximum Gasteiger partial charge on any atom is 0.0616 e. The molecule has 0 aromatic carbocycles. The molecule has 3 saturated carbocycles. The van der Waals surface area contributed by atoms with E-state index in [1.807, 2.05) is 0 Å². The Hall–Kier alpha value is -0.120. The van der Waals surface area contributed by atoms with Crippen molar-refractivity contribution in [3.8, 4) is 0 Å². The minimum absolute atomic E-state index is 0.0124. The summed E-state index contributed by atoms with van der Waals surface area (Å²) in [5.74, 6) is 1.56. The van der Waals surface area contributed by atoms with Crippen molar-refractivity contribution in [2.45, 2.75) is 75.8 Å². The lowest BCUT2D eigenvalue weighted by molar-refractivity contribution is 0.0678. The molecule has 20 heavy (non-hydrogen) atoms. The summed E-state index contributed by atoms with van der Waals surface area (Å²) < 4.78 is 5.85. The molecular formula is C17H31NO2. The van der Waals surface area contributed by atoms with Gasteiger partial charge in [-0.05, 0) is 50.4 Å². The van der Waals surface area contributed by atoms with Crippen LogP contribution >= 0.6 is 0 Å². The van der Waals surface area contributed by atoms with Gasteiger partial charge in [-0.2, -0.15) is 0 Å². The highest BCUT2D eigenvalue weighted by molar-refractivity contribution is 5.02. The van der Waals surface area contributed by atoms with Gasteiger partial charge in [-0.1, -0.05) is 25.7 Å². The molecule has 0 spiro atoms. The largest absolute Gasteiger partial charge is 0.394 e. The second-order valence-corrected chi connectivity index (χ2v) is 7.31. The fraction of sp³-hybridized carbons (Fsp3) is 1.00. The molecule has 0 heterocycles. The van der Waals surface area contributed by atoms with Gasteiger partial charge in [-0.3, -0.25) is 0 Å². The Morgan fingerprint density at radius 1 is 1.00 bits per heavy atom. The normalized spacial score (nSPS) is 34.4. The first-order valence-electron chi connectivity index (χ1n) is 8.79. The lowest BCUT2D eigenvalue weighted by Gasteiger charge is -2.35. The minimum atomic E-state index is 0.0124. The Balaban J connectivity index is 1.36. The zero-order chi connectivity index (χ0) is 13.8. The summed E-state index contributed by atoms with van der Waals surface area (Å²) >= 11 is 0. The van der Waals surface area contributed by atoms with Crippen LogP contribution in [0.5, 0.6) is 0 Å². The summed E-state index contributed by atoms with van der Waals surface area (Å²) in [7, 11) is 0. The van der Waals surface area contributed by atoms with Gasteiger partial charge in [0, 0.05) is 24.8 Å². The standard InChI is InChI=1S/C17H31NO2/c19-13-17(18-16-6-7-16)10-2-5-15(17)9-12-20-11-8-14-3-1-4-14/h14-16,18-19H,1-13H2. The van der Waals surface area contributed by atoms with Crippen molar-refractivity contribution in [3.63, 3.8) is 0 Å². The van der Waals surface area contributed by atoms with Crippen molar-refractivity contribution in [1.29, 1.82) is 0 Å². The number of ether oxygens (including phenoxy) is 1. The Morgan fingerprint density at radius 3 is 2.45 bits per heavy atom. The molecule has 3 rings (SSSR count). The topological polar surface area (TPSA) is 41.5 Å². The van der Waals surface area contributed by atoms with Gasteiger partial charge >= 0.3 is 0 Å². The maximum absolute atomic E-state index is 9.88. The van der Waals surface area contributed by atoms with Crippen LogP contribution in [0.25, 0.3) is 0 Å². The first-order chi connectivity index (χ1) is 9.82. The van der Waals surface area contributed by atoms with Crippen LogP contribution in [-0.4, -0.2) is 36.5 Å². The zero-order valence-electron chi connectivity index (χ0n) is 12.8. The van der Waals surface area contributed by atoms with Gasteiger partial charge in [0.05, 0.1) is 6.61 Å². The molecule has 3 nitrogen and oxygen atoms in total. The van der Waals surface area contributed by atoms with Crippen molar-refractivity contribution >= 4 is 0 Å². The Kier molecular flexibility index (Phi) is 5.00. The Bertz CT molecular complexity index is 301. The molecule has 3 aliphatic rings. The first-order valence-corrected chi connectivity index (χ1v) is 8.79. The second kappa shape index (κ2) is 6.76. The van der Waals surface area contributed by atoms with Crippen molar-refractivity contribution < 1.29 is 9.84 Å². The van der Waals surface area contributed by atoms with E-state index in [1.165, 1.54) is 51.4 Å². The molecule has 0 aromatic heterocycles. The quantitative estimate of drug-likeness (QED) is 0.639. The molecule has 0 aliphatic heterocycles. The average molecular weight is 281 g/mol. The van der Waals surface area contributed by atoms with E-state index < -0.39 is 0 Å². The zero-order valence-corrected chi connectivity index (χ0v) is 12.8. The second-order valence-electron chi connectivity index (χ2n) is 7.31. The number of nitrogens with one attached hydrogen (secondary N) is 1. The van der Waals surface area contributed by atoms with Gasteiger partial charge in [0.1, 0.15) is 0 Å². The van der Waals surface area contributed by atoms with Gasteiger partial charge in [0.2, 0.25) is 0 Å². The molecule has 0 bridgehead atoms. The SMILES string of the molecule is OCC1(NC2CC2)CCCC1CCOCCC1CCC1. The molecular weight excluding hydrogens is 250 g/mol. The number of hydrogen-bond donors (Lipinski definition) is 2. The van der Waals surface area contributed by atoms with Gasteiger partial charge in [-0.15, -0.1) is 0 Å². The van der Waals surface area contributed by atoms with Gasteiger partial charge in [-0.25, -0.2) is 0 Å². The first kappa shape index (κ1) is 14.8. The van der Waals surface area contributed by atoms with Crippen LogP contribution in [0.1, 0.15) is 64.2 Å². The molecule has 3 fully saturated rings. The third kappa shape index (κ3) is 3.55. The summed E-state index contributed by atoms with van der Waals surface area (Å²) in [6.45, 7) is 2.13. The van der Waals surface area contributed by atoms with E-state index in [1.54, 1.807) is 0 Å². The number of aliphatic hydroxyl groups is 1. The Labute approximate surface area is 123 Å². The highest BCUT2D eigenvalue weighted by Crippen LogP contribution is 2.40. The van der Waals surface area contributed by atoms with Crippen LogP contribution in [-0.2, 0) is 4.74 Å². The van der Waals surface area contributed by atoms with Gasteiger partial charge < -0.3 is 15.2 Å². The maximum atomic E-state index is 9.88. The van der Waals surface area contributed by atoms with Crippen molar-refractivity contribution in [2.75, 3.05) is 19.8 Å². The summed E-state index contributed by atoms with van der Waals surface area (Å²) in [5.41, 5.74) is 0.0124. The van der Waals surface area contributed by atoms with E-state index in [0.29, 0.717) is 18.6 Å². The average Bonchev–Trinajstić information content (AvgIpc) is 3.12. The van der Waals surface area contributed by atoms with Crippen LogP contribution in [0.2, 0.25) is 0 Å². The van der Waals surface area contributed by atoms with E-state index in [-0.39, 0.29) is 5.54 Å². The highest BCUT2D eigenvalue weighted by Gasteiger charge is 2.44. The molecule has 0 radical (unpaired) electrons. The third-order valence-electron chi connectivity index (χ3n) is 5.81. The summed E-state index contributed by atoms with van der Waals surface area (Å²) in [4.78, 5) is 0. The fourth-order valence-corrected chi connectivity index (χ4v) is 4.00. The molecule has 2 atom stereocenters. The van der Waals surface area contributed by atoms with Crippen LogP contribution in [0.3, 0.4) is 0 Å². The monoisotopic (exact) mass is 281 g/mol. The number of aliphatic hydroxyl groups excluding tert-OH is 1. The van der Waals surface area contributed by atoms with E-state index in [9.17, 15) is 5.11 Å². The molecule has 3 aliphatic carbocycles. The summed E-state index contributed by atoms with van der Waals surface area (Å²) in [5, 5.41) is 13.6. The third-order valence-corrected chi connectivity index (χ3v) is 5.81. The molecule has 3 heteroatoms. The summed E-state index contributed by atoms with van der Waals surface area (Å²) in [6.07, 6.45) is 12.9. The number of hydrogen-bond acceptors (Lipinski definition) is 3. The van der Waals surface area contributed by atoms with E-state index >= 15 is 0 Å². The van der Waals surface area contributed by atoms with Crippen LogP contribution in [0.15, 0.2) is 0 Å². The van der Waals surface area contributed by atoms with Gasteiger partial charge in [0.15, 0.2) is 0 Å². The predicted molar refractivity (Wildman–Crippen MR) is 80.7 cm³/mol. The summed E-state index contributed by atoms with van der Waals surface area (Å²) in [6, 6.07) is 0.683. The predicted octanol–water partition coefficient (Wildman–Crippen LogP) is 2.87. The molecule has 2 N–H and O–H groups in total.